The minimum absolute atomic E-state index is 0.118. The summed E-state index contributed by atoms with van der Waals surface area (Å²) >= 11 is 5.26. The molecule has 0 fully saturated rings. The van der Waals surface area contributed by atoms with Gasteiger partial charge in [0.25, 0.3) is 0 Å². The van der Waals surface area contributed by atoms with Gasteiger partial charge in [0.15, 0.2) is 0 Å². The van der Waals surface area contributed by atoms with Crippen molar-refractivity contribution < 1.29 is 14.2 Å². The van der Waals surface area contributed by atoms with E-state index in [0.29, 0.717) is 0 Å². The van der Waals surface area contributed by atoms with Crippen LogP contribution in [0.5, 0.6) is 17.2 Å². The van der Waals surface area contributed by atoms with E-state index in [1.54, 1.807) is 25.6 Å². The Kier molecular flexibility index (Phi) is 4.72. The van der Waals surface area contributed by atoms with Crippen LogP contribution >= 0.6 is 27.3 Å². The first-order chi connectivity index (χ1) is 14.2. The Morgan fingerprint density at radius 3 is 2.69 bits per heavy atom. The highest BCUT2D eigenvalue weighted by molar-refractivity contribution is 9.11. The van der Waals surface area contributed by atoms with Gasteiger partial charge in [0.1, 0.15) is 17.2 Å². The van der Waals surface area contributed by atoms with Gasteiger partial charge in [-0.25, -0.2) is 5.01 Å². The molecular weight excluding hydrogens is 452 g/mol. The molecule has 0 amide bonds. The number of halogens is 1. The van der Waals surface area contributed by atoms with Gasteiger partial charge in [-0.05, 0) is 46.3 Å². The lowest BCUT2D eigenvalue weighted by atomic mass is 9.97. The average molecular weight is 471 g/mol. The number of hydrogen-bond donors (Lipinski definition) is 0. The van der Waals surface area contributed by atoms with Gasteiger partial charge in [-0.15, -0.1) is 11.3 Å². The number of hydrogen-bond acceptors (Lipinski definition) is 6. The topological polar surface area (TPSA) is 43.3 Å². The van der Waals surface area contributed by atoms with Gasteiger partial charge in [0, 0.05) is 18.1 Å². The van der Waals surface area contributed by atoms with Crippen LogP contribution in [0.2, 0.25) is 0 Å². The van der Waals surface area contributed by atoms with E-state index in [1.807, 2.05) is 36.4 Å². The Morgan fingerprint density at radius 2 is 1.93 bits per heavy atom. The summed E-state index contributed by atoms with van der Waals surface area (Å²) in [6.45, 7) is 0. The quantitative estimate of drug-likeness (QED) is 0.485. The molecule has 1 aromatic heterocycles. The number of benzene rings is 2. The minimum atomic E-state index is -0.378. The fourth-order valence-electron chi connectivity index (χ4n) is 3.88. The zero-order chi connectivity index (χ0) is 20.0. The maximum absolute atomic E-state index is 6.43. The fourth-order valence-corrected chi connectivity index (χ4v) is 5.26. The highest BCUT2D eigenvalue weighted by Crippen LogP contribution is 2.49. The van der Waals surface area contributed by atoms with Crippen molar-refractivity contribution in [1.29, 1.82) is 0 Å². The number of para-hydroxylation sites is 1. The van der Waals surface area contributed by atoms with Crippen LogP contribution in [0.1, 0.15) is 34.7 Å². The Hall–Kier alpha value is -2.51. The second-order valence-electron chi connectivity index (χ2n) is 6.87. The summed E-state index contributed by atoms with van der Waals surface area (Å²) in [5, 5.41) is 7.06. The Balaban J connectivity index is 1.61. The lowest BCUT2D eigenvalue weighted by Crippen LogP contribution is -2.33. The summed E-state index contributed by atoms with van der Waals surface area (Å²) in [4.78, 5) is 1.17. The van der Waals surface area contributed by atoms with E-state index in [1.165, 1.54) is 4.88 Å². The molecule has 0 unspecified atom stereocenters. The van der Waals surface area contributed by atoms with E-state index >= 15 is 0 Å². The first-order valence-electron chi connectivity index (χ1n) is 9.27. The lowest BCUT2D eigenvalue weighted by Gasteiger charge is -2.38. The highest BCUT2D eigenvalue weighted by Gasteiger charge is 2.42. The predicted octanol–water partition coefficient (Wildman–Crippen LogP) is 5.77. The molecule has 3 aromatic rings. The normalized spacial score (nSPS) is 19.8. The van der Waals surface area contributed by atoms with Gasteiger partial charge >= 0.3 is 0 Å². The highest BCUT2D eigenvalue weighted by atomic mass is 79.9. The van der Waals surface area contributed by atoms with Gasteiger partial charge < -0.3 is 14.2 Å². The number of fused-ring (bicyclic) bond motifs is 3. The summed E-state index contributed by atoms with van der Waals surface area (Å²) < 4.78 is 18.5. The summed E-state index contributed by atoms with van der Waals surface area (Å²) in [7, 11) is 3.31. The maximum atomic E-state index is 6.43. The number of rotatable bonds is 4. The Bertz CT molecular complexity index is 1100. The van der Waals surface area contributed by atoms with Gasteiger partial charge in [0.05, 0.1) is 40.2 Å². The molecule has 0 spiro atoms. The Morgan fingerprint density at radius 1 is 1.07 bits per heavy atom. The zero-order valence-electron chi connectivity index (χ0n) is 16.0. The van der Waals surface area contributed by atoms with Crippen LogP contribution in [0.25, 0.3) is 0 Å². The van der Waals surface area contributed by atoms with E-state index < -0.39 is 0 Å². The summed E-state index contributed by atoms with van der Waals surface area (Å²) in [5.74, 6) is 2.35. The molecule has 0 saturated heterocycles. The van der Waals surface area contributed by atoms with Crippen LogP contribution < -0.4 is 14.2 Å². The molecule has 2 aliphatic heterocycles. The van der Waals surface area contributed by atoms with E-state index in [0.717, 1.165) is 44.3 Å². The van der Waals surface area contributed by atoms with Crippen LogP contribution in [-0.4, -0.2) is 24.9 Å². The first-order valence-corrected chi connectivity index (χ1v) is 10.9. The minimum Gasteiger partial charge on any atom is -0.497 e. The molecule has 2 atom stereocenters. The van der Waals surface area contributed by atoms with Crippen molar-refractivity contribution in [3.05, 3.63) is 74.4 Å². The summed E-state index contributed by atoms with van der Waals surface area (Å²) in [6, 6.07) is 18.3. The molecule has 0 radical (unpaired) electrons. The molecule has 7 heteroatoms. The van der Waals surface area contributed by atoms with E-state index in [9.17, 15) is 0 Å². The van der Waals surface area contributed by atoms with E-state index in [2.05, 4.69) is 39.1 Å². The number of methoxy groups -OCH3 is 2. The molecule has 5 nitrogen and oxygen atoms in total. The first kappa shape index (κ1) is 18.5. The SMILES string of the molecule is COc1ccc([C@H]2Oc3ccccc3[C@@H]3CC(c4ccc(Br)s4)=NN23)c(OC)c1. The third-order valence-corrected chi connectivity index (χ3v) is 6.94. The zero-order valence-corrected chi connectivity index (χ0v) is 18.4. The number of ether oxygens (including phenoxy) is 3. The van der Waals surface area contributed by atoms with Crippen molar-refractivity contribution >= 4 is 33.0 Å². The third kappa shape index (κ3) is 3.18. The molecule has 2 aromatic carbocycles. The molecule has 0 saturated carbocycles. The van der Waals surface area contributed by atoms with Crippen LogP contribution in [0, 0.1) is 0 Å². The monoisotopic (exact) mass is 470 g/mol. The van der Waals surface area contributed by atoms with Crippen molar-refractivity contribution in [3.63, 3.8) is 0 Å². The molecule has 5 rings (SSSR count). The van der Waals surface area contributed by atoms with Gasteiger partial charge in [-0.2, -0.15) is 5.10 Å². The molecular formula is C22H19BrN2O3S. The Labute approximate surface area is 181 Å². The summed E-state index contributed by atoms with van der Waals surface area (Å²) in [5.41, 5.74) is 3.15. The van der Waals surface area contributed by atoms with Crippen molar-refractivity contribution in [2.45, 2.75) is 18.7 Å². The number of thiophene rings is 1. The molecule has 3 heterocycles. The second kappa shape index (κ2) is 7.39. The van der Waals surface area contributed by atoms with Gasteiger partial charge in [-0.1, -0.05) is 18.2 Å². The van der Waals surface area contributed by atoms with Crippen LogP contribution in [0.4, 0.5) is 0 Å². The second-order valence-corrected chi connectivity index (χ2v) is 9.33. The molecule has 0 N–H and O–H groups in total. The lowest BCUT2D eigenvalue weighted by molar-refractivity contribution is -0.0203. The van der Waals surface area contributed by atoms with Gasteiger partial charge in [-0.3, -0.25) is 0 Å². The fraction of sp³-hybridized carbons (Fsp3) is 0.227. The molecule has 2 aliphatic rings. The molecule has 29 heavy (non-hydrogen) atoms. The molecule has 0 aliphatic carbocycles. The van der Waals surface area contributed by atoms with E-state index in [-0.39, 0.29) is 12.3 Å². The van der Waals surface area contributed by atoms with Crippen molar-refractivity contribution in [3.8, 4) is 17.2 Å². The largest absolute Gasteiger partial charge is 0.497 e. The molecule has 148 valence electrons. The average Bonchev–Trinajstić information content (AvgIpc) is 3.39. The molecule has 0 bridgehead atoms. The van der Waals surface area contributed by atoms with Crippen molar-refractivity contribution in [2.24, 2.45) is 5.10 Å². The van der Waals surface area contributed by atoms with Crippen molar-refractivity contribution in [1.82, 2.24) is 5.01 Å². The standard InChI is InChI=1S/C22H19BrN2O3S/c1-26-13-7-8-15(19(11-13)27-2)22-25-17(14-5-3-4-6-18(14)28-22)12-16(24-25)20-9-10-21(23)29-20/h3-11,17,22H,12H2,1-2H3/t17-,22+/m0/s1. The third-order valence-electron chi connectivity index (χ3n) is 5.26. The van der Waals surface area contributed by atoms with Crippen LogP contribution in [0.15, 0.2) is 63.5 Å². The van der Waals surface area contributed by atoms with Crippen molar-refractivity contribution in [2.75, 3.05) is 14.2 Å². The number of hydrazone groups is 1. The van der Waals surface area contributed by atoms with Crippen LogP contribution in [0.3, 0.4) is 0 Å². The number of nitrogens with zero attached hydrogens (tertiary/aromatic N) is 2. The van der Waals surface area contributed by atoms with Crippen LogP contribution in [-0.2, 0) is 0 Å². The predicted molar refractivity (Wildman–Crippen MR) is 117 cm³/mol. The maximum Gasteiger partial charge on any atom is 0.217 e. The van der Waals surface area contributed by atoms with Gasteiger partial charge in [0.2, 0.25) is 6.23 Å². The van der Waals surface area contributed by atoms with E-state index in [4.69, 9.17) is 19.3 Å². The summed E-state index contributed by atoms with van der Waals surface area (Å²) in [6.07, 6.45) is 0.458. The smallest absolute Gasteiger partial charge is 0.217 e.